The van der Waals surface area contributed by atoms with Gasteiger partial charge in [0.25, 0.3) is 0 Å². The van der Waals surface area contributed by atoms with Crippen LogP contribution in [-0.2, 0) is 13.1 Å². The van der Waals surface area contributed by atoms with E-state index in [1.807, 2.05) is 36.4 Å². The molecule has 1 aliphatic rings. The van der Waals surface area contributed by atoms with Crippen molar-refractivity contribution in [1.29, 1.82) is 0 Å². The number of halogens is 1. The lowest BCUT2D eigenvalue weighted by Crippen LogP contribution is -2.29. The molecule has 7 nitrogen and oxygen atoms in total. The van der Waals surface area contributed by atoms with Crippen molar-refractivity contribution in [2.24, 2.45) is 0 Å². The second-order valence-electron chi connectivity index (χ2n) is 7.03. The van der Waals surface area contributed by atoms with Gasteiger partial charge >= 0.3 is 0 Å². The number of likely N-dealkylation sites (tertiary alicyclic amines) is 1. The molecule has 2 atom stereocenters. The molecule has 0 aliphatic carbocycles. The zero-order valence-corrected chi connectivity index (χ0v) is 16.7. The van der Waals surface area contributed by atoms with Crippen LogP contribution in [0.25, 0.3) is 0 Å². The second-order valence-corrected chi connectivity index (χ2v) is 7.46. The number of rotatable bonds is 8. The minimum atomic E-state index is -0.534. The fraction of sp³-hybridized carbons (Fsp3) is 0.333. The van der Waals surface area contributed by atoms with Crippen molar-refractivity contribution in [2.45, 2.75) is 25.3 Å². The van der Waals surface area contributed by atoms with E-state index in [0.29, 0.717) is 37.0 Å². The lowest BCUT2D eigenvalue weighted by Gasteiger charge is -2.17. The molecule has 0 amide bonds. The van der Waals surface area contributed by atoms with Crippen molar-refractivity contribution >= 4 is 11.6 Å². The molecule has 1 fully saturated rings. The highest BCUT2D eigenvalue weighted by Gasteiger charge is 2.32. The minimum absolute atomic E-state index is 0.271. The molecule has 0 unspecified atom stereocenters. The third kappa shape index (κ3) is 5.47. The van der Waals surface area contributed by atoms with Gasteiger partial charge in [0.15, 0.2) is 0 Å². The Morgan fingerprint density at radius 3 is 2.72 bits per heavy atom. The third-order valence-corrected chi connectivity index (χ3v) is 5.02. The molecule has 2 aromatic carbocycles. The quantitative estimate of drug-likeness (QED) is 0.611. The van der Waals surface area contributed by atoms with Crippen LogP contribution in [0, 0.1) is 0 Å². The average molecular weight is 415 g/mol. The maximum absolute atomic E-state index is 10.4. The smallest absolute Gasteiger partial charge is 0.138 e. The summed E-state index contributed by atoms with van der Waals surface area (Å²) in [5.74, 6) is 1.49. The van der Waals surface area contributed by atoms with E-state index in [2.05, 4.69) is 15.0 Å². The maximum Gasteiger partial charge on any atom is 0.138 e. The molecule has 2 heterocycles. The van der Waals surface area contributed by atoms with Crippen LogP contribution in [-0.4, -0.2) is 56.7 Å². The lowest BCUT2D eigenvalue weighted by atomic mass is 10.2. The molecule has 3 aromatic rings. The first-order chi connectivity index (χ1) is 14.2. The van der Waals surface area contributed by atoms with Crippen molar-refractivity contribution in [3.05, 3.63) is 71.8 Å². The van der Waals surface area contributed by atoms with E-state index in [9.17, 15) is 5.11 Å². The summed E-state index contributed by atoms with van der Waals surface area (Å²) >= 11 is 6.00. The molecular weight excluding hydrogens is 392 g/mol. The van der Waals surface area contributed by atoms with Crippen LogP contribution >= 0.6 is 11.6 Å². The molecule has 29 heavy (non-hydrogen) atoms. The number of aliphatic hydroxyl groups excluding tert-OH is 1. The van der Waals surface area contributed by atoms with Crippen LogP contribution in [0.5, 0.6) is 11.5 Å². The van der Waals surface area contributed by atoms with Gasteiger partial charge in [-0.3, -0.25) is 4.90 Å². The van der Waals surface area contributed by atoms with E-state index in [1.54, 1.807) is 23.1 Å². The summed E-state index contributed by atoms with van der Waals surface area (Å²) in [5.41, 5.74) is 1.16. The molecule has 0 bridgehead atoms. The second kappa shape index (κ2) is 9.26. The first kappa shape index (κ1) is 19.7. The average Bonchev–Trinajstić information content (AvgIpc) is 3.33. The Bertz CT molecular complexity index is 905. The number of ether oxygens (including phenoxy) is 2. The maximum atomic E-state index is 10.4. The SMILES string of the molecule is O[C@H]1CN(Cc2ccc(OCCn3cncn3)cc2)C[C@@H]1Oc1cccc(Cl)c1. The van der Waals surface area contributed by atoms with Crippen LogP contribution in [0.4, 0.5) is 0 Å². The summed E-state index contributed by atoms with van der Waals surface area (Å²) in [6.07, 6.45) is 2.37. The Balaban J connectivity index is 1.25. The van der Waals surface area contributed by atoms with Gasteiger partial charge in [-0.15, -0.1) is 0 Å². The predicted octanol–water partition coefficient (Wildman–Crippen LogP) is 2.63. The molecular formula is C21H23ClN4O3. The normalized spacial score (nSPS) is 19.4. The van der Waals surface area contributed by atoms with Gasteiger partial charge in [-0.1, -0.05) is 29.8 Å². The molecule has 0 saturated carbocycles. The van der Waals surface area contributed by atoms with Crippen molar-refractivity contribution in [2.75, 3.05) is 19.7 Å². The van der Waals surface area contributed by atoms with Crippen LogP contribution in [0.15, 0.2) is 61.2 Å². The summed E-state index contributed by atoms with van der Waals surface area (Å²) in [4.78, 5) is 6.09. The van der Waals surface area contributed by atoms with Gasteiger partial charge in [0, 0.05) is 24.7 Å². The number of aliphatic hydroxyl groups is 1. The van der Waals surface area contributed by atoms with Crippen molar-refractivity contribution in [3.8, 4) is 11.5 Å². The third-order valence-electron chi connectivity index (χ3n) is 4.78. The van der Waals surface area contributed by atoms with Crippen molar-refractivity contribution in [3.63, 3.8) is 0 Å². The standard InChI is InChI=1S/C21H23ClN4O3/c22-17-2-1-3-19(10-17)29-21-13-25(12-20(21)27)11-16-4-6-18(7-5-16)28-9-8-26-15-23-14-24-26/h1-7,10,14-15,20-21,27H,8-9,11-13H2/t20-,21-/m0/s1. The van der Waals surface area contributed by atoms with Crippen LogP contribution in [0.1, 0.15) is 5.56 Å². The van der Waals surface area contributed by atoms with Crippen molar-refractivity contribution in [1.82, 2.24) is 19.7 Å². The molecule has 1 saturated heterocycles. The van der Waals surface area contributed by atoms with Gasteiger partial charge < -0.3 is 14.6 Å². The van der Waals surface area contributed by atoms with E-state index in [-0.39, 0.29) is 6.10 Å². The topological polar surface area (TPSA) is 72.6 Å². The summed E-state index contributed by atoms with van der Waals surface area (Å²) < 4.78 is 13.4. The van der Waals surface area contributed by atoms with Crippen molar-refractivity contribution < 1.29 is 14.6 Å². The zero-order valence-electron chi connectivity index (χ0n) is 15.9. The van der Waals surface area contributed by atoms with E-state index >= 15 is 0 Å². The van der Waals surface area contributed by atoms with Gasteiger partial charge in [0.1, 0.15) is 43.0 Å². The number of hydrogen-bond donors (Lipinski definition) is 1. The fourth-order valence-electron chi connectivity index (χ4n) is 3.35. The molecule has 1 N–H and O–H groups in total. The zero-order chi connectivity index (χ0) is 20.1. The van der Waals surface area contributed by atoms with E-state index in [4.69, 9.17) is 21.1 Å². The summed E-state index contributed by atoms with van der Waals surface area (Å²) in [5, 5.41) is 15.0. The highest BCUT2D eigenvalue weighted by Crippen LogP contribution is 2.23. The Hall–Kier alpha value is -2.61. The summed E-state index contributed by atoms with van der Waals surface area (Å²) in [7, 11) is 0. The summed E-state index contributed by atoms with van der Waals surface area (Å²) in [6.45, 7) is 3.15. The van der Waals surface area contributed by atoms with Gasteiger partial charge in [-0.2, -0.15) is 5.10 Å². The first-order valence-electron chi connectivity index (χ1n) is 9.52. The monoisotopic (exact) mass is 414 g/mol. The van der Waals surface area contributed by atoms with E-state index in [1.165, 1.54) is 6.33 Å². The highest BCUT2D eigenvalue weighted by molar-refractivity contribution is 6.30. The van der Waals surface area contributed by atoms with Gasteiger partial charge in [-0.05, 0) is 35.9 Å². The Labute approximate surface area is 174 Å². The lowest BCUT2D eigenvalue weighted by molar-refractivity contribution is 0.0737. The van der Waals surface area contributed by atoms with E-state index < -0.39 is 6.10 Å². The van der Waals surface area contributed by atoms with Gasteiger partial charge in [0.05, 0.1) is 6.54 Å². The van der Waals surface area contributed by atoms with Gasteiger partial charge in [-0.25, -0.2) is 9.67 Å². The molecule has 1 aromatic heterocycles. The number of aromatic nitrogens is 3. The Kier molecular flexibility index (Phi) is 6.29. The predicted molar refractivity (Wildman–Crippen MR) is 109 cm³/mol. The molecule has 1 aliphatic heterocycles. The van der Waals surface area contributed by atoms with E-state index in [0.717, 1.165) is 17.9 Å². The Morgan fingerprint density at radius 2 is 1.97 bits per heavy atom. The first-order valence-corrected chi connectivity index (χ1v) is 9.90. The van der Waals surface area contributed by atoms with Crippen LogP contribution in [0.2, 0.25) is 5.02 Å². The summed E-state index contributed by atoms with van der Waals surface area (Å²) in [6, 6.07) is 15.3. The number of β-amino-alcohol motifs (C(OH)–C–C–N with tert-alkyl or cyclic N) is 1. The molecule has 8 heteroatoms. The molecule has 152 valence electrons. The molecule has 4 rings (SSSR count). The molecule has 0 radical (unpaired) electrons. The van der Waals surface area contributed by atoms with Gasteiger partial charge in [0.2, 0.25) is 0 Å². The number of nitrogens with zero attached hydrogens (tertiary/aromatic N) is 4. The van der Waals surface area contributed by atoms with Crippen LogP contribution in [0.3, 0.4) is 0 Å². The number of hydrogen-bond acceptors (Lipinski definition) is 6. The highest BCUT2D eigenvalue weighted by atomic mass is 35.5. The minimum Gasteiger partial charge on any atom is -0.492 e. The molecule has 0 spiro atoms. The fourth-order valence-corrected chi connectivity index (χ4v) is 3.53. The van der Waals surface area contributed by atoms with Crippen LogP contribution < -0.4 is 9.47 Å². The Morgan fingerprint density at radius 1 is 1.10 bits per heavy atom. The largest absolute Gasteiger partial charge is 0.492 e. The number of benzene rings is 2.